The molecule has 0 radical (unpaired) electrons. The topological polar surface area (TPSA) is 52.6 Å². The molecule has 0 bridgehead atoms. The maximum Gasteiger partial charge on any atom is 0.241 e. The van der Waals surface area contributed by atoms with Crippen LogP contribution in [0.15, 0.2) is 30.6 Å². The number of halogens is 1. The molecule has 0 atom stereocenters. The quantitative estimate of drug-likeness (QED) is 0.848. The third-order valence-electron chi connectivity index (χ3n) is 4.47. The number of aryl methyl sites for hydroxylation is 1. The lowest BCUT2D eigenvalue weighted by Crippen LogP contribution is -2.48. The summed E-state index contributed by atoms with van der Waals surface area (Å²) >= 11 is 0. The molecule has 2 heterocycles. The summed E-state index contributed by atoms with van der Waals surface area (Å²) in [6.07, 6.45) is 1.50. The predicted molar refractivity (Wildman–Crippen MR) is 95.1 cm³/mol. The van der Waals surface area contributed by atoms with E-state index in [1.54, 1.807) is 31.0 Å². The molecule has 0 N–H and O–H groups in total. The van der Waals surface area contributed by atoms with Crippen molar-refractivity contribution >= 4 is 17.5 Å². The maximum atomic E-state index is 13.7. The van der Waals surface area contributed by atoms with Gasteiger partial charge in [0.15, 0.2) is 0 Å². The van der Waals surface area contributed by atoms with Gasteiger partial charge in [0.25, 0.3) is 0 Å². The van der Waals surface area contributed by atoms with Gasteiger partial charge in [-0.2, -0.15) is 0 Å². The molecule has 1 amide bonds. The summed E-state index contributed by atoms with van der Waals surface area (Å²) in [5.74, 6) is 1.34. The molecule has 0 saturated carbocycles. The van der Waals surface area contributed by atoms with Gasteiger partial charge in [-0.1, -0.05) is 12.1 Å². The smallest absolute Gasteiger partial charge is 0.241 e. The maximum absolute atomic E-state index is 13.7. The average molecular weight is 343 g/mol. The SMILES string of the molecule is Cc1ccc(CN(C)c2cc(N3CCN(C)C(=O)C3)ncn2)cc1F. The van der Waals surface area contributed by atoms with Crippen molar-refractivity contribution in [3.05, 3.63) is 47.5 Å². The van der Waals surface area contributed by atoms with E-state index in [9.17, 15) is 9.18 Å². The number of benzene rings is 1. The lowest BCUT2D eigenvalue weighted by Gasteiger charge is -2.33. The Hall–Kier alpha value is -2.70. The number of hydrogen-bond donors (Lipinski definition) is 0. The van der Waals surface area contributed by atoms with Crippen LogP contribution in [0.5, 0.6) is 0 Å². The van der Waals surface area contributed by atoms with Crippen molar-refractivity contribution in [2.75, 3.05) is 43.5 Å². The summed E-state index contributed by atoms with van der Waals surface area (Å²) in [6.45, 7) is 4.02. The highest BCUT2D eigenvalue weighted by Crippen LogP contribution is 2.20. The van der Waals surface area contributed by atoms with Crippen LogP contribution in [0.4, 0.5) is 16.0 Å². The summed E-state index contributed by atoms with van der Waals surface area (Å²) in [6, 6.07) is 7.10. The standard InChI is InChI=1S/C18H22FN5O/c1-13-4-5-14(8-15(13)19)10-23(3)16-9-17(21-12-20-16)24-7-6-22(2)18(25)11-24/h4-5,8-9,12H,6-7,10-11H2,1-3H3. The van der Waals surface area contributed by atoms with Crippen molar-refractivity contribution in [1.82, 2.24) is 14.9 Å². The molecule has 0 unspecified atom stereocenters. The molecule has 132 valence electrons. The van der Waals surface area contributed by atoms with Crippen molar-refractivity contribution in [2.45, 2.75) is 13.5 Å². The monoisotopic (exact) mass is 343 g/mol. The van der Waals surface area contributed by atoms with Gasteiger partial charge in [0.05, 0.1) is 6.54 Å². The Labute approximate surface area is 146 Å². The van der Waals surface area contributed by atoms with Gasteiger partial charge in [-0.05, 0) is 24.1 Å². The van der Waals surface area contributed by atoms with Crippen molar-refractivity contribution < 1.29 is 9.18 Å². The first-order chi connectivity index (χ1) is 11.9. The van der Waals surface area contributed by atoms with Gasteiger partial charge >= 0.3 is 0 Å². The summed E-state index contributed by atoms with van der Waals surface area (Å²) in [4.78, 5) is 26.1. The normalized spacial score (nSPS) is 14.8. The molecule has 2 aromatic rings. The highest BCUT2D eigenvalue weighted by atomic mass is 19.1. The first-order valence-electron chi connectivity index (χ1n) is 8.21. The minimum atomic E-state index is -0.203. The summed E-state index contributed by atoms with van der Waals surface area (Å²) in [5, 5.41) is 0. The zero-order chi connectivity index (χ0) is 18.0. The molecule has 1 saturated heterocycles. The first-order valence-corrected chi connectivity index (χ1v) is 8.21. The number of nitrogens with zero attached hydrogens (tertiary/aromatic N) is 5. The number of amides is 1. The number of rotatable bonds is 4. The molecule has 1 aromatic heterocycles. The summed E-state index contributed by atoms with van der Waals surface area (Å²) in [5.41, 5.74) is 1.51. The zero-order valence-electron chi connectivity index (χ0n) is 14.7. The second kappa shape index (κ2) is 7.04. The van der Waals surface area contributed by atoms with E-state index in [1.165, 1.54) is 6.33 Å². The Kier molecular flexibility index (Phi) is 4.83. The van der Waals surface area contributed by atoms with Crippen LogP contribution in [-0.2, 0) is 11.3 Å². The van der Waals surface area contributed by atoms with E-state index in [4.69, 9.17) is 0 Å². The molecular weight excluding hydrogens is 321 g/mol. The van der Waals surface area contributed by atoms with Gasteiger partial charge in [-0.25, -0.2) is 14.4 Å². The van der Waals surface area contributed by atoms with Crippen LogP contribution >= 0.6 is 0 Å². The van der Waals surface area contributed by atoms with Crippen molar-refractivity contribution in [1.29, 1.82) is 0 Å². The molecule has 6 nitrogen and oxygen atoms in total. The minimum Gasteiger partial charge on any atom is -0.355 e. The van der Waals surface area contributed by atoms with Crippen LogP contribution in [0.2, 0.25) is 0 Å². The van der Waals surface area contributed by atoms with Gasteiger partial charge in [-0.3, -0.25) is 4.79 Å². The van der Waals surface area contributed by atoms with E-state index in [0.717, 1.165) is 23.7 Å². The molecule has 1 fully saturated rings. The fourth-order valence-corrected chi connectivity index (χ4v) is 2.76. The van der Waals surface area contributed by atoms with Gasteiger partial charge in [0.1, 0.15) is 23.8 Å². The van der Waals surface area contributed by atoms with E-state index >= 15 is 0 Å². The van der Waals surface area contributed by atoms with Crippen LogP contribution < -0.4 is 9.80 Å². The Morgan fingerprint density at radius 3 is 2.76 bits per heavy atom. The van der Waals surface area contributed by atoms with Gasteiger partial charge in [-0.15, -0.1) is 0 Å². The second-order valence-electron chi connectivity index (χ2n) is 6.41. The Bertz CT molecular complexity index is 782. The zero-order valence-corrected chi connectivity index (χ0v) is 14.7. The number of anilines is 2. The van der Waals surface area contributed by atoms with Crippen molar-refractivity contribution in [3.63, 3.8) is 0 Å². The number of piperazine rings is 1. The lowest BCUT2D eigenvalue weighted by molar-refractivity contribution is -0.129. The number of hydrogen-bond acceptors (Lipinski definition) is 5. The first kappa shape index (κ1) is 17.1. The van der Waals surface area contributed by atoms with Crippen LogP contribution in [0.1, 0.15) is 11.1 Å². The van der Waals surface area contributed by atoms with Crippen LogP contribution in [0, 0.1) is 12.7 Å². The number of carbonyl (C=O) groups is 1. The number of carbonyl (C=O) groups excluding carboxylic acids is 1. The van der Waals surface area contributed by atoms with E-state index in [2.05, 4.69) is 9.97 Å². The fraction of sp³-hybridized carbons (Fsp3) is 0.389. The highest BCUT2D eigenvalue weighted by molar-refractivity contribution is 5.82. The highest BCUT2D eigenvalue weighted by Gasteiger charge is 2.22. The van der Waals surface area contributed by atoms with E-state index in [0.29, 0.717) is 25.2 Å². The van der Waals surface area contributed by atoms with E-state index < -0.39 is 0 Å². The predicted octanol–water partition coefficient (Wildman–Crippen LogP) is 1.84. The largest absolute Gasteiger partial charge is 0.355 e. The molecule has 25 heavy (non-hydrogen) atoms. The van der Waals surface area contributed by atoms with E-state index in [1.807, 2.05) is 29.0 Å². The molecule has 3 rings (SSSR count). The average Bonchev–Trinajstić information content (AvgIpc) is 2.60. The third-order valence-corrected chi connectivity index (χ3v) is 4.47. The Balaban J connectivity index is 1.74. The summed E-state index contributed by atoms with van der Waals surface area (Å²) < 4.78 is 13.7. The molecule has 0 spiro atoms. The van der Waals surface area contributed by atoms with Crippen molar-refractivity contribution in [3.8, 4) is 0 Å². The number of likely N-dealkylation sites (N-methyl/N-ethyl adjacent to an activating group) is 1. The third kappa shape index (κ3) is 3.87. The summed E-state index contributed by atoms with van der Waals surface area (Å²) in [7, 11) is 3.71. The second-order valence-corrected chi connectivity index (χ2v) is 6.41. The van der Waals surface area contributed by atoms with Crippen LogP contribution in [0.25, 0.3) is 0 Å². The molecule has 7 heteroatoms. The molecule has 0 aliphatic carbocycles. The van der Waals surface area contributed by atoms with Gasteiger partial charge < -0.3 is 14.7 Å². The Morgan fingerprint density at radius 1 is 1.24 bits per heavy atom. The van der Waals surface area contributed by atoms with E-state index in [-0.39, 0.29) is 11.7 Å². The fourth-order valence-electron chi connectivity index (χ4n) is 2.76. The molecule has 1 aromatic carbocycles. The molecule has 1 aliphatic heterocycles. The van der Waals surface area contributed by atoms with Crippen molar-refractivity contribution in [2.24, 2.45) is 0 Å². The van der Waals surface area contributed by atoms with Gasteiger partial charge in [0, 0.05) is 39.8 Å². The van der Waals surface area contributed by atoms with Crippen LogP contribution in [-0.4, -0.2) is 54.5 Å². The van der Waals surface area contributed by atoms with Gasteiger partial charge in [0.2, 0.25) is 5.91 Å². The number of aromatic nitrogens is 2. The Morgan fingerprint density at radius 2 is 2.04 bits per heavy atom. The molecule has 1 aliphatic rings. The lowest BCUT2D eigenvalue weighted by atomic mass is 10.1. The van der Waals surface area contributed by atoms with Crippen LogP contribution in [0.3, 0.4) is 0 Å². The molecular formula is C18H22FN5O. The minimum absolute atomic E-state index is 0.0786.